The SMILES string of the molecule is CCCN(CC1CN(C(C)C)CCO1)C1CCC(N)CC1. The van der Waals surface area contributed by atoms with Gasteiger partial charge in [0, 0.05) is 37.8 Å². The third-order valence-electron chi connectivity index (χ3n) is 5.11. The van der Waals surface area contributed by atoms with Gasteiger partial charge < -0.3 is 10.5 Å². The van der Waals surface area contributed by atoms with Crippen molar-refractivity contribution >= 4 is 0 Å². The van der Waals surface area contributed by atoms with E-state index < -0.39 is 0 Å². The van der Waals surface area contributed by atoms with Crippen LogP contribution in [0.5, 0.6) is 0 Å². The summed E-state index contributed by atoms with van der Waals surface area (Å²) in [6.45, 7) is 12.2. The van der Waals surface area contributed by atoms with Gasteiger partial charge in [0.2, 0.25) is 0 Å². The van der Waals surface area contributed by atoms with E-state index in [0.29, 0.717) is 18.2 Å². The third kappa shape index (κ3) is 5.20. The predicted molar refractivity (Wildman–Crippen MR) is 88.5 cm³/mol. The van der Waals surface area contributed by atoms with E-state index in [4.69, 9.17) is 10.5 Å². The van der Waals surface area contributed by atoms with Gasteiger partial charge in [-0.25, -0.2) is 0 Å². The molecule has 1 atom stereocenters. The molecule has 2 fully saturated rings. The molecule has 4 nitrogen and oxygen atoms in total. The highest BCUT2D eigenvalue weighted by molar-refractivity contribution is 4.84. The average Bonchev–Trinajstić information content (AvgIpc) is 2.48. The summed E-state index contributed by atoms with van der Waals surface area (Å²) in [7, 11) is 0. The Bertz CT molecular complexity index is 290. The molecular formula is C17H35N3O. The van der Waals surface area contributed by atoms with Crippen LogP contribution in [-0.2, 0) is 4.74 Å². The number of rotatable bonds is 6. The Labute approximate surface area is 131 Å². The molecule has 2 N–H and O–H groups in total. The Morgan fingerprint density at radius 2 is 1.95 bits per heavy atom. The molecule has 0 radical (unpaired) electrons. The molecule has 1 aliphatic heterocycles. The Balaban J connectivity index is 1.86. The first kappa shape index (κ1) is 17.2. The zero-order valence-electron chi connectivity index (χ0n) is 14.3. The summed E-state index contributed by atoms with van der Waals surface area (Å²) in [5, 5.41) is 0. The summed E-state index contributed by atoms with van der Waals surface area (Å²) in [5.74, 6) is 0. The summed E-state index contributed by atoms with van der Waals surface area (Å²) in [6, 6.07) is 1.79. The molecule has 21 heavy (non-hydrogen) atoms. The Morgan fingerprint density at radius 1 is 1.24 bits per heavy atom. The van der Waals surface area contributed by atoms with Gasteiger partial charge in [-0.15, -0.1) is 0 Å². The zero-order valence-corrected chi connectivity index (χ0v) is 14.3. The van der Waals surface area contributed by atoms with Crippen molar-refractivity contribution in [1.29, 1.82) is 0 Å². The molecule has 1 aliphatic carbocycles. The maximum atomic E-state index is 6.06. The molecule has 1 heterocycles. The molecule has 0 bridgehead atoms. The molecule has 0 spiro atoms. The van der Waals surface area contributed by atoms with Crippen molar-refractivity contribution in [3.63, 3.8) is 0 Å². The van der Waals surface area contributed by atoms with Gasteiger partial charge in [0.05, 0.1) is 12.7 Å². The Hall–Kier alpha value is -0.160. The average molecular weight is 297 g/mol. The third-order valence-corrected chi connectivity index (χ3v) is 5.11. The first-order valence-electron chi connectivity index (χ1n) is 8.95. The van der Waals surface area contributed by atoms with Gasteiger partial charge >= 0.3 is 0 Å². The van der Waals surface area contributed by atoms with Crippen molar-refractivity contribution in [2.24, 2.45) is 5.73 Å². The lowest BCUT2D eigenvalue weighted by molar-refractivity contribution is -0.0588. The number of morpholine rings is 1. The summed E-state index contributed by atoms with van der Waals surface area (Å²) >= 11 is 0. The minimum absolute atomic E-state index is 0.378. The van der Waals surface area contributed by atoms with Gasteiger partial charge in [0.1, 0.15) is 0 Å². The molecule has 1 saturated carbocycles. The van der Waals surface area contributed by atoms with Crippen molar-refractivity contribution in [2.75, 3.05) is 32.8 Å². The maximum Gasteiger partial charge on any atom is 0.0829 e. The van der Waals surface area contributed by atoms with E-state index in [1.54, 1.807) is 0 Å². The first-order chi connectivity index (χ1) is 10.1. The summed E-state index contributed by atoms with van der Waals surface area (Å²) in [6.07, 6.45) is 6.51. The monoisotopic (exact) mass is 297 g/mol. The van der Waals surface area contributed by atoms with Gasteiger partial charge in [0.25, 0.3) is 0 Å². The second-order valence-electron chi connectivity index (χ2n) is 7.15. The number of hydrogen-bond acceptors (Lipinski definition) is 4. The molecule has 2 rings (SSSR count). The van der Waals surface area contributed by atoms with E-state index in [1.807, 2.05) is 0 Å². The molecule has 0 aromatic rings. The van der Waals surface area contributed by atoms with Crippen LogP contribution < -0.4 is 5.73 Å². The molecule has 0 amide bonds. The Morgan fingerprint density at radius 3 is 2.57 bits per heavy atom. The largest absolute Gasteiger partial charge is 0.374 e. The zero-order chi connectivity index (χ0) is 15.2. The Kier molecular flexibility index (Phi) is 6.93. The van der Waals surface area contributed by atoms with Crippen LogP contribution in [0, 0.1) is 0 Å². The van der Waals surface area contributed by atoms with E-state index >= 15 is 0 Å². The van der Waals surface area contributed by atoms with Crippen LogP contribution in [0.1, 0.15) is 52.9 Å². The standard InChI is InChI=1S/C17H35N3O/c1-4-9-20(16-7-5-15(18)6-8-16)13-17-12-19(14(2)3)10-11-21-17/h14-17H,4-13,18H2,1-3H3. The van der Waals surface area contributed by atoms with Gasteiger partial charge in [-0.1, -0.05) is 6.92 Å². The second kappa shape index (κ2) is 8.47. The molecule has 1 unspecified atom stereocenters. The summed E-state index contributed by atoms with van der Waals surface area (Å²) < 4.78 is 6.04. The minimum Gasteiger partial charge on any atom is -0.374 e. The van der Waals surface area contributed by atoms with Crippen LogP contribution in [0.4, 0.5) is 0 Å². The lowest BCUT2D eigenvalue weighted by Gasteiger charge is -2.41. The molecule has 124 valence electrons. The molecule has 1 saturated heterocycles. The van der Waals surface area contributed by atoms with Crippen molar-refractivity contribution in [2.45, 2.75) is 77.1 Å². The fourth-order valence-corrected chi connectivity index (χ4v) is 3.76. The predicted octanol–water partition coefficient (Wildman–Crippen LogP) is 2.08. The van der Waals surface area contributed by atoms with Crippen LogP contribution in [0.25, 0.3) is 0 Å². The van der Waals surface area contributed by atoms with Crippen LogP contribution in [-0.4, -0.2) is 66.8 Å². The molecule has 0 aromatic heterocycles. The van der Waals surface area contributed by atoms with Crippen molar-refractivity contribution in [3.8, 4) is 0 Å². The topological polar surface area (TPSA) is 41.7 Å². The fraction of sp³-hybridized carbons (Fsp3) is 1.00. The van der Waals surface area contributed by atoms with Crippen molar-refractivity contribution in [1.82, 2.24) is 9.80 Å². The van der Waals surface area contributed by atoms with Gasteiger partial charge in [-0.3, -0.25) is 9.80 Å². The number of nitrogens with zero attached hydrogens (tertiary/aromatic N) is 2. The highest BCUT2D eigenvalue weighted by atomic mass is 16.5. The lowest BCUT2D eigenvalue weighted by Crippen LogP contribution is -2.52. The van der Waals surface area contributed by atoms with Gasteiger partial charge in [-0.2, -0.15) is 0 Å². The van der Waals surface area contributed by atoms with E-state index in [2.05, 4.69) is 30.6 Å². The van der Waals surface area contributed by atoms with Gasteiger partial charge in [0.15, 0.2) is 0 Å². The fourth-order valence-electron chi connectivity index (χ4n) is 3.76. The second-order valence-corrected chi connectivity index (χ2v) is 7.15. The smallest absolute Gasteiger partial charge is 0.0829 e. The van der Waals surface area contributed by atoms with E-state index in [9.17, 15) is 0 Å². The maximum absolute atomic E-state index is 6.06. The van der Waals surface area contributed by atoms with Crippen LogP contribution >= 0.6 is 0 Å². The van der Waals surface area contributed by atoms with E-state index in [1.165, 1.54) is 38.6 Å². The molecular weight excluding hydrogens is 262 g/mol. The highest BCUT2D eigenvalue weighted by Crippen LogP contribution is 2.23. The van der Waals surface area contributed by atoms with Crippen molar-refractivity contribution < 1.29 is 4.74 Å². The van der Waals surface area contributed by atoms with Crippen LogP contribution in [0.2, 0.25) is 0 Å². The highest BCUT2D eigenvalue weighted by Gasteiger charge is 2.28. The minimum atomic E-state index is 0.378. The molecule has 4 heteroatoms. The summed E-state index contributed by atoms with van der Waals surface area (Å²) in [4.78, 5) is 5.23. The lowest BCUT2D eigenvalue weighted by atomic mass is 9.90. The number of hydrogen-bond donors (Lipinski definition) is 1. The van der Waals surface area contributed by atoms with Crippen molar-refractivity contribution in [3.05, 3.63) is 0 Å². The first-order valence-corrected chi connectivity index (χ1v) is 8.95. The van der Waals surface area contributed by atoms with E-state index in [0.717, 1.165) is 32.3 Å². The molecule has 2 aliphatic rings. The van der Waals surface area contributed by atoms with E-state index in [-0.39, 0.29) is 0 Å². The molecule has 0 aromatic carbocycles. The summed E-state index contributed by atoms with van der Waals surface area (Å²) in [5.41, 5.74) is 6.06. The normalized spacial score (nSPS) is 32.0. The number of ether oxygens (including phenoxy) is 1. The van der Waals surface area contributed by atoms with Crippen LogP contribution in [0.15, 0.2) is 0 Å². The number of nitrogens with two attached hydrogens (primary N) is 1. The van der Waals surface area contributed by atoms with Gasteiger partial charge in [-0.05, 0) is 52.5 Å². The quantitative estimate of drug-likeness (QED) is 0.815. The van der Waals surface area contributed by atoms with Crippen LogP contribution in [0.3, 0.4) is 0 Å².